The normalized spacial score (nSPS) is 18.3. The number of aromatic nitrogens is 2. The van der Waals surface area contributed by atoms with Gasteiger partial charge in [0.05, 0.1) is 11.9 Å². The smallest absolute Gasteiger partial charge is 0.251 e. The third kappa shape index (κ3) is 3.63. The van der Waals surface area contributed by atoms with Crippen molar-refractivity contribution in [2.45, 2.75) is 51.0 Å². The van der Waals surface area contributed by atoms with E-state index < -0.39 is 16.1 Å². The predicted molar refractivity (Wildman–Crippen MR) is 104 cm³/mol. The molecule has 1 fully saturated rings. The molecule has 9 heteroatoms. The predicted octanol–water partition coefficient (Wildman–Crippen LogP) is 2.54. The van der Waals surface area contributed by atoms with Gasteiger partial charge >= 0.3 is 0 Å². The van der Waals surface area contributed by atoms with Gasteiger partial charge in [-0.3, -0.25) is 9.10 Å². The number of rotatable bonds is 5. The number of sulfonamides is 1. The van der Waals surface area contributed by atoms with Gasteiger partial charge in [-0.05, 0) is 49.9 Å². The molecule has 0 bridgehead atoms. The van der Waals surface area contributed by atoms with Crippen LogP contribution in [0.2, 0.25) is 0 Å². The molecule has 0 spiro atoms. The number of carbonyl (C=O) groups excluding carboxylic acids is 1. The molecule has 2 aliphatic rings. The summed E-state index contributed by atoms with van der Waals surface area (Å²) in [5.74, 6) is 1.23. The zero-order valence-corrected chi connectivity index (χ0v) is 16.8. The zero-order chi connectivity index (χ0) is 19.9. The maximum absolute atomic E-state index is 12.6. The first-order valence-corrected chi connectivity index (χ1v) is 11.4. The Morgan fingerprint density at radius 2 is 2.07 bits per heavy atom. The summed E-state index contributed by atoms with van der Waals surface area (Å²) < 4.78 is 30.4. The Labute approximate surface area is 164 Å². The Kier molecular flexibility index (Phi) is 4.86. The molecule has 0 unspecified atom stereocenters. The van der Waals surface area contributed by atoms with Gasteiger partial charge in [-0.15, -0.1) is 0 Å². The molecule has 1 N–H and O–H groups in total. The van der Waals surface area contributed by atoms with Crippen LogP contribution >= 0.6 is 0 Å². The number of amides is 1. The average molecular weight is 404 g/mol. The molecule has 1 aromatic heterocycles. The summed E-state index contributed by atoms with van der Waals surface area (Å²) in [6.07, 6.45) is 6.33. The van der Waals surface area contributed by atoms with E-state index >= 15 is 0 Å². The molecule has 0 radical (unpaired) electrons. The Morgan fingerprint density at radius 3 is 2.79 bits per heavy atom. The van der Waals surface area contributed by atoms with Crippen molar-refractivity contribution >= 4 is 21.6 Å². The van der Waals surface area contributed by atoms with Crippen molar-refractivity contribution in [1.29, 1.82) is 0 Å². The molecule has 1 aromatic carbocycles. The van der Waals surface area contributed by atoms with Gasteiger partial charge in [-0.25, -0.2) is 8.42 Å². The highest BCUT2D eigenvalue weighted by atomic mass is 32.2. The van der Waals surface area contributed by atoms with Crippen LogP contribution in [0.4, 0.5) is 5.69 Å². The lowest BCUT2D eigenvalue weighted by Gasteiger charge is -2.16. The van der Waals surface area contributed by atoms with Crippen LogP contribution in [0.5, 0.6) is 0 Å². The minimum Gasteiger partial charge on any atom is -0.341 e. The first kappa shape index (κ1) is 18.9. The van der Waals surface area contributed by atoms with E-state index in [1.807, 2.05) is 6.92 Å². The minimum atomic E-state index is -3.30. The molecule has 150 valence electrons. The number of nitrogens with zero attached hydrogens (tertiary/aromatic N) is 3. The second-order valence-corrected chi connectivity index (χ2v) is 9.50. The van der Waals surface area contributed by atoms with Crippen molar-refractivity contribution in [2.24, 2.45) is 0 Å². The summed E-state index contributed by atoms with van der Waals surface area (Å²) in [6.45, 7) is 2.21. The van der Waals surface area contributed by atoms with Gasteiger partial charge in [-0.1, -0.05) is 18.0 Å². The summed E-state index contributed by atoms with van der Waals surface area (Å²) in [7, 11) is -3.30. The van der Waals surface area contributed by atoms with Crippen LogP contribution in [0.3, 0.4) is 0 Å². The fourth-order valence-corrected chi connectivity index (χ4v) is 4.93. The molecule has 2 aromatic rings. The molecule has 2 heterocycles. The third-order valence-electron chi connectivity index (χ3n) is 5.49. The molecule has 4 rings (SSSR count). The Morgan fingerprint density at radius 1 is 1.32 bits per heavy atom. The first-order chi connectivity index (χ1) is 13.3. The Bertz CT molecular complexity index is 995. The molecule has 1 saturated carbocycles. The number of nitrogens with one attached hydrogen (secondary N) is 1. The van der Waals surface area contributed by atoms with E-state index in [2.05, 4.69) is 15.5 Å². The van der Waals surface area contributed by atoms with E-state index in [1.54, 1.807) is 18.2 Å². The summed E-state index contributed by atoms with van der Waals surface area (Å²) in [5, 5.41) is 6.96. The monoisotopic (exact) mass is 404 g/mol. The van der Waals surface area contributed by atoms with Crippen molar-refractivity contribution in [3.8, 4) is 0 Å². The fourth-order valence-electron chi connectivity index (χ4n) is 3.97. The molecule has 1 amide bonds. The van der Waals surface area contributed by atoms with E-state index in [1.165, 1.54) is 23.4 Å². The summed E-state index contributed by atoms with van der Waals surface area (Å²) in [6, 6.07) is 4.67. The number of anilines is 1. The van der Waals surface area contributed by atoms with Crippen LogP contribution in [0.15, 0.2) is 22.7 Å². The number of hydrogen-bond acceptors (Lipinski definition) is 6. The van der Waals surface area contributed by atoms with Gasteiger partial charge in [0, 0.05) is 18.0 Å². The van der Waals surface area contributed by atoms with E-state index in [0.717, 1.165) is 24.2 Å². The maximum atomic E-state index is 12.6. The van der Waals surface area contributed by atoms with Crippen LogP contribution in [0.1, 0.15) is 72.2 Å². The van der Waals surface area contributed by atoms with Crippen LogP contribution in [-0.4, -0.2) is 37.3 Å². The molecule has 28 heavy (non-hydrogen) atoms. The second-order valence-electron chi connectivity index (χ2n) is 7.60. The molecule has 1 atom stereocenters. The quantitative estimate of drug-likeness (QED) is 0.821. The molecule has 1 aliphatic heterocycles. The largest absolute Gasteiger partial charge is 0.341 e. The number of benzene rings is 1. The van der Waals surface area contributed by atoms with Crippen LogP contribution in [0, 0.1) is 0 Å². The van der Waals surface area contributed by atoms with Crippen molar-refractivity contribution < 1.29 is 17.7 Å². The highest BCUT2D eigenvalue weighted by molar-refractivity contribution is 7.92. The molecular weight excluding hydrogens is 380 g/mol. The second kappa shape index (κ2) is 7.20. The standard InChI is InChI=1S/C19H24N4O4S/c1-12(19-21-17(22-27-19)13-5-3-4-6-13)20-18(24)15-7-8-16-14(11-15)9-10-23(16)28(2,25)26/h7-8,11-13H,3-6,9-10H2,1-2H3,(H,20,24)/t12-/m1/s1. The summed E-state index contributed by atoms with van der Waals surface area (Å²) in [5.41, 5.74) is 1.98. The van der Waals surface area contributed by atoms with Gasteiger partial charge in [0.15, 0.2) is 5.82 Å². The Hall–Kier alpha value is -2.42. The van der Waals surface area contributed by atoms with Crippen molar-refractivity contribution in [1.82, 2.24) is 15.5 Å². The first-order valence-electron chi connectivity index (χ1n) is 9.58. The van der Waals surface area contributed by atoms with Gasteiger partial charge in [-0.2, -0.15) is 4.98 Å². The van der Waals surface area contributed by atoms with Crippen LogP contribution in [0.25, 0.3) is 0 Å². The number of hydrogen-bond donors (Lipinski definition) is 1. The van der Waals surface area contributed by atoms with E-state index in [-0.39, 0.29) is 5.91 Å². The highest BCUT2D eigenvalue weighted by Gasteiger charge is 2.28. The zero-order valence-electron chi connectivity index (χ0n) is 16.0. The van der Waals surface area contributed by atoms with Gasteiger partial charge < -0.3 is 9.84 Å². The van der Waals surface area contributed by atoms with Crippen molar-refractivity contribution in [2.75, 3.05) is 17.1 Å². The van der Waals surface area contributed by atoms with Gasteiger partial charge in [0.1, 0.15) is 6.04 Å². The van der Waals surface area contributed by atoms with Crippen molar-refractivity contribution in [3.63, 3.8) is 0 Å². The summed E-state index contributed by atoms with van der Waals surface area (Å²) >= 11 is 0. The molecule has 0 saturated heterocycles. The third-order valence-corrected chi connectivity index (χ3v) is 6.67. The lowest BCUT2D eigenvalue weighted by atomic mass is 10.1. The SMILES string of the molecule is C[C@@H](NC(=O)c1ccc2c(c1)CCN2S(C)(=O)=O)c1nc(C2CCCC2)no1. The fraction of sp³-hybridized carbons (Fsp3) is 0.526. The van der Waals surface area contributed by atoms with Crippen molar-refractivity contribution in [3.05, 3.63) is 41.0 Å². The van der Waals surface area contributed by atoms with Gasteiger partial charge in [0.25, 0.3) is 5.91 Å². The van der Waals surface area contributed by atoms with E-state index in [4.69, 9.17) is 4.52 Å². The number of carbonyl (C=O) groups is 1. The van der Waals surface area contributed by atoms with Crippen LogP contribution < -0.4 is 9.62 Å². The highest BCUT2D eigenvalue weighted by Crippen LogP contribution is 2.33. The van der Waals surface area contributed by atoms with Gasteiger partial charge in [0.2, 0.25) is 15.9 Å². The Balaban J connectivity index is 1.45. The average Bonchev–Trinajstić information content (AvgIpc) is 3.38. The minimum absolute atomic E-state index is 0.256. The molecule has 1 aliphatic carbocycles. The van der Waals surface area contributed by atoms with Crippen LogP contribution in [-0.2, 0) is 16.4 Å². The molecule has 8 nitrogen and oxygen atoms in total. The van der Waals surface area contributed by atoms with E-state index in [0.29, 0.717) is 36.0 Å². The lowest BCUT2D eigenvalue weighted by Crippen LogP contribution is -2.28. The lowest BCUT2D eigenvalue weighted by molar-refractivity contribution is 0.0932. The summed E-state index contributed by atoms with van der Waals surface area (Å²) in [4.78, 5) is 17.1. The van der Waals surface area contributed by atoms with E-state index in [9.17, 15) is 13.2 Å². The maximum Gasteiger partial charge on any atom is 0.251 e. The number of fused-ring (bicyclic) bond motifs is 1. The topological polar surface area (TPSA) is 105 Å². The molecular formula is C19H24N4O4S.